The highest BCUT2D eigenvalue weighted by molar-refractivity contribution is 5.84. The van der Waals surface area contributed by atoms with Crippen LogP contribution in [-0.2, 0) is 19.5 Å². The fourth-order valence-electron chi connectivity index (χ4n) is 3.68. The molecule has 0 amide bonds. The zero-order valence-corrected chi connectivity index (χ0v) is 14.4. The smallest absolute Gasteiger partial charge is 0.314 e. The Hall–Kier alpha value is -3.06. The summed E-state index contributed by atoms with van der Waals surface area (Å²) in [4.78, 5) is 16.3. The maximum Gasteiger partial charge on any atom is 0.314 e. The van der Waals surface area contributed by atoms with Gasteiger partial charge in [-0.2, -0.15) is 0 Å². The third-order valence-corrected chi connectivity index (χ3v) is 4.90. The van der Waals surface area contributed by atoms with E-state index in [1.54, 1.807) is 6.07 Å². The van der Waals surface area contributed by atoms with Crippen molar-refractivity contribution in [3.63, 3.8) is 0 Å². The molecule has 2 N–H and O–H groups in total. The lowest BCUT2D eigenvalue weighted by Gasteiger charge is -2.27. The molecule has 134 valence electrons. The van der Waals surface area contributed by atoms with Crippen molar-refractivity contribution in [2.75, 3.05) is 13.7 Å². The van der Waals surface area contributed by atoms with Gasteiger partial charge < -0.3 is 14.8 Å². The molecule has 0 bridgehead atoms. The molecule has 0 radical (unpaired) electrons. The molecule has 0 saturated carbocycles. The fraction of sp³-hybridized carbons (Fsp3) is 0.263. The second-order valence-corrected chi connectivity index (χ2v) is 6.51. The third-order valence-electron chi connectivity index (χ3n) is 4.90. The first-order chi connectivity index (χ1) is 12.6. The maximum atomic E-state index is 11.2. The topological polar surface area (TPSA) is 91.6 Å². The zero-order chi connectivity index (χ0) is 18.3. The molecule has 26 heavy (non-hydrogen) atoms. The van der Waals surface area contributed by atoms with Gasteiger partial charge in [-0.1, -0.05) is 18.2 Å². The number of benzene rings is 2. The van der Waals surface area contributed by atoms with E-state index in [1.807, 2.05) is 12.1 Å². The lowest BCUT2D eigenvalue weighted by Crippen LogP contribution is -2.29. The number of nitro benzene ring substituents is 1. The number of H-pyrrole nitrogens is 1. The van der Waals surface area contributed by atoms with Crippen LogP contribution in [0.1, 0.15) is 16.8 Å². The Balaban J connectivity index is 1.61. The Morgan fingerprint density at radius 2 is 2.15 bits per heavy atom. The SMILES string of the molecule is COc1cc(CN2CCc3c([nH]c4ccccc34)C2)cc([N+](=O)[O-])c1O. The van der Waals surface area contributed by atoms with Crippen molar-refractivity contribution in [2.24, 2.45) is 0 Å². The normalized spacial score (nSPS) is 14.3. The van der Waals surface area contributed by atoms with Crippen LogP contribution in [0.5, 0.6) is 11.5 Å². The van der Waals surface area contributed by atoms with E-state index >= 15 is 0 Å². The van der Waals surface area contributed by atoms with Crippen molar-refractivity contribution in [3.05, 3.63) is 63.3 Å². The highest BCUT2D eigenvalue weighted by Crippen LogP contribution is 2.37. The molecule has 7 heteroatoms. The Morgan fingerprint density at radius 1 is 1.35 bits per heavy atom. The molecule has 1 aromatic heterocycles. The van der Waals surface area contributed by atoms with Gasteiger partial charge in [0.15, 0.2) is 5.75 Å². The van der Waals surface area contributed by atoms with Gasteiger partial charge in [0.25, 0.3) is 0 Å². The molecule has 7 nitrogen and oxygen atoms in total. The Labute approximate surface area is 150 Å². The number of para-hydroxylation sites is 1. The molecule has 2 aromatic carbocycles. The van der Waals surface area contributed by atoms with E-state index in [-0.39, 0.29) is 11.4 Å². The summed E-state index contributed by atoms with van der Waals surface area (Å²) in [6.45, 7) is 2.17. The van der Waals surface area contributed by atoms with Crippen LogP contribution < -0.4 is 4.74 Å². The minimum Gasteiger partial charge on any atom is -0.500 e. The average Bonchev–Trinajstić information content (AvgIpc) is 3.00. The summed E-state index contributed by atoms with van der Waals surface area (Å²) in [6.07, 6.45) is 0.927. The van der Waals surface area contributed by atoms with Gasteiger partial charge in [-0.25, -0.2) is 0 Å². The largest absolute Gasteiger partial charge is 0.500 e. The number of ether oxygens (including phenoxy) is 1. The molecular formula is C19H19N3O4. The molecule has 0 fully saturated rings. The Kier molecular flexibility index (Phi) is 4.00. The number of phenols is 1. The van der Waals surface area contributed by atoms with Gasteiger partial charge in [0.1, 0.15) is 0 Å². The van der Waals surface area contributed by atoms with Crippen LogP contribution in [0.3, 0.4) is 0 Å². The van der Waals surface area contributed by atoms with Gasteiger partial charge in [-0.3, -0.25) is 15.0 Å². The van der Waals surface area contributed by atoms with Gasteiger partial charge in [0, 0.05) is 42.3 Å². The first-order valence-electron chi connectivity index (χ1n) is 8.42. The number of nitrogens with one attached hydrogen (secondary N) is 1. The second kappa shape index (κ2) is 6.34. The molecule has 0 aliphatic carbocycles. The third kappa shape index (κ3) is 2.76. The quantitative estimate of drug-likeness (QED) is 0.554. The number of aromatic hydroxyl groups is 1. The molecule has 0 atom stereocenters. The number of aromatic amines is 1. The van der Waals surface area contributed by atoms with Crippen molar-refractivity contribution >= 4 is 16.6 Å². The van der Waals surface area contributed by atoms with Crippen molar-refractivity contribution in [1.29, 1.82) is 0 Å². The van der Waals surface area contributed by atoms with E-state index in [1.165, 1.54) is 29.8 Å². The van der Waals surface area contributed by atoms with Crippen molar-refractivity contribution in [1.82, 2.24) is 9.88 Å². The molecule has 0 unspecified atom stereocenters. The van der Waals surface area contributed by atoms with Crippen LogP contribution in [0.25, 0.3) is 10.9 Å². The number of hydrogen-bond donors (Lipinski definition) is 2. The van der Waals surface area contributed by atoms with E-state index in [0.717, 1.165) is 30.6 Å². The summed E-state index contributed by atoms with van der Waals surface area (Å²) in [5, 5.41) is 22.4. The summed E-state index contributed by atoms with van der Waals surface area (Å²) in [6, 6.07) is 11.3. The van der Waals surface area contributed by atoms with Crippen LogP contribution in [0, 0.1) is 10.1 Å². The summed E-state index contributed by atoms with van der Waals surface area (Å²) < 4.78 is 5.08. The summed E-state index contributed by atoms with van der Waals surface area (Å²) in [5.41, 5.74) is 4.10. The molecule has 3 aromatic rings. The van der Waals surface area contributed by atoms with Crippen LogP contribution in [0.4, 0.5) is 5.69 Å². The Bertz CT molecular complexity index is 996. The number of fused-ring (bicyclic) bond motifs is 3. The standard InChI is InChI=1S/C19H19N3O4/c1-26-18-9-12(8-17(19(18)23)22(24)25)10-21-7-6-14-13-4-2-3-5-15(13)20-16(14)11-21/h2-5,8-9,20,23H,6-7,10-11H2,1H3. The molecular weight excluding hydrogens is 334 g/mol. The monoisotopic (exact) mass is 353 g/mol. The minimum atomic E-state index is -0.590. The van der Waals surface area contributed by atoms with Gasteiger partial charge in [-0.05, 0) is 29.7 Å². The molecule has 4 rings (SSSR count). The molecule has 2 heterocycles. The van der Waals surface area contributed by atoms with Gasteiger partial charge in [-0.15, -0.1) is 0 Å². The lowest BCUT2D eigenvalue weighted by molar-refractivity contribution is -0.386. The minimum absolute atomic E-state index is 0.123. The second-order valence-electron chi connectivity index (χ2n) is 6.51. The van der Waals surface area contributed by atoms with Crippen molar-refractivity contribution < 1.29 is 14.8 Å². The molecule has 1 aliphatic rings. The molecule has 0 saturated heterocycles. The number of hydrogen-bond acceptors (Lipinski definition) is 5. The molecule has 1 aliphatic heterocycles. The van der Waals surface area contributed by atoms with Crippen molar-refractivity contribution in [2.45, 2.75) is 19.5 Å². The zero-order valence-electron chi connectivity index (χ0n) is 14.4. The van der Waals surface area contributed by atoms with Gasteiger partial charge in [0.05, 0.1) is 12.0 Å². The Morgan fingerprint density at radius 3 is 2.92 bits per heavy atom. The van der Waals surface area contributed by atoms with Crippen LogP contribution in [0.2, 0.25) is 0 Å². The predicted molar refractivity (Wildman–Crippen MR) is 97.4 cm³/mol. The number of nitro groups is 1. The highest BCUT2D eigenvalue weighted by Gasteiger charge is 2.23. The van der Waals surface area contributed by atoms with Crippen molar-refractivity contribution in [3.8, 4) is 11.5 Å². The first kappa shape index (κ1) is 16.4. The van der Waals surface area contributed by atoms with E-state index < -0.39 is 10.7 Å². The summed E-state index contributed by atoms with van der Waals surface area (Å²) in [5.74, 6) is -0.310. The van der Waals surface area contributed by atoms with E-state index in [2.05, 4.69) is 22.0 Å². The summed E-state index contributed by atoms with van der Waals surface area (Å²) >= 11 is 0. The van der Waals surface area contributed by atoms with Crippen LogP contribution in [0.15, 0.2) is 36.4 Å². The number of methoxy groups -OCH3 is 1. The van der Waals surface area contributed by atoms with Gasteiger partial charge in [0.2, 0.25) is 5.75 Å². The van der Waals surface area contributed by atoms with Gasteiger partial charge >= 0.3 is 5.69 Å². The maximum absolute atomic E-state index is 11.2. The van der Waals surface area contributed by atoms with Crippen LogP contribution in [-0.4, -0.2) is 33.6 Å². The molecule has 0 spiro atoms. The van der Waals surface area contributed by atoms with E-state index in [4.69, 9.17) is 4.74 Å². The lowest BCUT2D eigenvalue weighted by atomic mass is 10.0. The average molecular weight is 353 g/mol. The van der Waals surface area contributed by atoms with E-state index in [9.17, 15) is 15.2 Å². The number of phenolic OH excluding ortho intramolecular Hbond substituents is 1. The van der Waals surface area contributed by atoms with Crippen LogP contribution >= 0.6 is 0 Å². The number of nitrogens with zero attached hydrogens (tertiary/aromatic N) is 2. The number of rotatable bonds is 4. The summed E-state index contributed by atoms with van der Waals surface area (Å²) in [7, 11) is 1.39. The predicted octanol–water partition coefficient (Wildman–Crippen LogP) is 3.35. The highest BCUT2D eigenvalue weighted by atomic mass is 16.6. The first-order valence-corrected chi connectivity index (χ1v) is 8.42. The fourth-order valence-corrected chi connectivity index (χ4v) is 3.68. The van der Waals surface area contributed by atoms with E-state index in [0.29, 0.717) is 6.54 Å². The number of aromatic nitrogens is 1.